The van der Waals surface area contributed by atoms with E-state index in [1.165, 1.54) is 0 Å². The molecule has 1 aliphatic rings. The van der Waals surface area contributed by atoms with Crippen LogP contribution in [0.3, 0.4) is 0 Å². The Morgan fingerprint density at radius 3 is 2.90 bits per heavy atom. The highest BCUT2D eigenvalue weighted by molar-refractivity contribution is 5.00. The minimum atomic E-state index is 0.816. The molecule has 6 heteroatoms. The monoisotopic (exact) mass is 290 g/mol. The van der Waals surface area contributed by atoms with Gasteiger partial charge in [0.2, 0.25) is 0 Å². The fourth-order valence-corrected chi connectivity index (χ4v) is 2.56. The molecule has 3 heterocycles. The van der Waals surface area contributed by atoms with Crippen LogP contribution in [0.25, 0.3) is 0 Å². The van der Waals surface area contributed by atoms with E-state index in [1.807, 2.05) is 18.3 Å². The van der Waals surface area contributed by atoms with E-state index in [-0.39, 0.29) is 0 Å². The molecule has 0 unspecified atom stereocenters. The maximum atomic E-state index is 5.47. The maximum absolute atomic E-state index is 5.47. The number of furan rings is 1. The van der Waals surface area contributed by atoms with Crippen molar-refractivity contribution in [1.82, 2.24) is 19.8 Å². The Labute approximate surface area is 124 Å². The molecule has 2 aromatic heterocycles. The molecule has 3 rings (SSSR count). The molecule has 1 aliphatic heterocycles. The molecule has 1 N–H and O–H groups in total. The van der Waals surface area contributed by atoms with Gasteiger partial charge in [-0.2, -0.15) is 0 Å². The van der Waals surface area contributed by atoms with Gasteiger partial charge in [0.05, 0.1) is 32.3 Å². The summed E-state index contributed by atoms with van der Waals surface area (Å²) < 4.78 is 10.9. The Balaban J connectivity index is 1.55. The summed E-state index contributed by atoms with van der Waals surface area (Å²) in [5.74, 6) is 0.997. The van der Waals surface area contributed by atoms with E-state index in [9.17, 15) is 0 Å². The van der Waals surface area contributed by atoms with Gasteiger partial charge in [-0.1, -0.05) is 0 Å². The zero-order valence-corrected chi connectivity index (χ0v) is 12.2. The van der Waals surface area contributed by atoms with Gasteiger partial charge in [-0.25, -0.2) is 4.98 Å². The van der Waals surface area contributed by atoms with Gasteiger partial charge in [-0.05, 0) is 12.1 Å². The van der Waals surface area contributed by atoms with E-state index in [0.29, 0.717) is 0 Å². The molecular weight excluding hydrogens is 268 g/mol. The number of imidazole rings is 1. The lowest BCUT2D eigenvalue weighted by Gasteiger charge is -2.29. The van der Waals surface area contributed by atoms with Crippen molar-refractivity contribution in [1.29, 1.82) is 0 Å². The number of hydrogen-bond acceptors (Lipinski definition) is 5. The number of nitrogens with one attached hydrogen (secondary N) is 1. The summed E-state index contributed by atoms with van der Waals surface area (Å²) in [4.78, 5) is 12.1. The Morgan fingerprint density at radius 1 is 1.29 bits per heavy atom. The zero-order valence-electron chi connectivity index (χ0n) is 12.2. The number of hydrogen-bond donors (Lipinski definition) is 1. The number of aromatic nitrogens is 2. The molecule has 1 fully saturated rings. The Hall–Kier alpha value is -1.63. The van der Waals surface area contributed by atoms with E-state index in [0.717, 1.165) is 63.9 Å². The van der Waals surface area contributed by atoms with Gasteiger partial charge in [-0.3, -0.25) is 9.80 Å². The molecule has 0 bridgehead atoms. The first-order valence-corrected chi connectivity index (χ1v) is 7.42. The van der Waals surface area contributed by atoms with Crippen LogP contribution < -0.4 is 0 Å². The van der Waals surface area contributed by atoms with Gasteiger partial charge in [0.25, 0.3) is 0 Å². The third-order valence-corrected chi connectivity index (χ3v) is 3.74. The van der Waals surface area contributed by atoms with Crippen molar-refractivity contribution in [3.05, 3.63) is 42.4 Å². The second-order valence-corrected chi connectivity index (χ2v) is 5.32. The van der Waals surface area contributed by atoms with Crippen LogP contribution in [0.2, 0.25) is 0 Å². The average Bonchev–Trinajstić information content (AvgIpc) is 3.20. The molecule has 0 aromatic carbocycles. The quantitative estimate of drug-likeness (QED) is 0.834. The number of ether oxygens (including phenoxy) is 1. The number of nitrogens with zero attached hydrogens (tertiary/aromatic N) is 3. The van der Waals surface area contributed by atoms with Crippen LogP contribution in [-0.2, 0) is 17.8 Å². The summed E-state index contributed by atoms with van der Waals surface area (Å²) in [5, 5.41) is 0. The lowest BCUT2D eigenvalue weighted by Crippen LogP contribution is -2.41. The van der Waals surface area contributed by atoms with E-state index < -0.39 is 0 Å². The molecule has 0 radical (unpaired) electrons. The van der Waals surface area contributed by atoms with Gasteiger partial charge in [0.15, 0.2) is 0 Å². The van der Waals surface area contributed by atoms with Crippen LogP contribution in [-0.4, -0.2) is 59.2 Å². The van der Waals surface area contributed by atoms with Crippen LogP contribution in [0.1, 0.15) is 11.5 Å². The first-order chi connectivity index (χ1) is 10.4. The minimum absolute atomic E-state index is 0.816. The van der Waals surface area contributed by atoms with Crippen molar-refractivity contribution >= 4 is 0 Å². The molecule has 0 saturated carbocycles. The maximum Gasteiger partial charge on any atom is 0.117 e. The molecule has 0 amide bonds. The summed E-state index contributed by atoms with van der Waals surface area (Å²) in [6, 6.07) is 3.96. The summed E-state index contributed by atoms with van der Waals surface area (Å²) in [6.07, 6.45) is 5.33. The van der Waals surface area contributed by atoms with E-state index in [2.05, 4.69) is 19.8 Å². The summed E-state index contributed by atoms with van der Waals surface area (Å²) in [7, 11) is 0. The SMILES string of the molecule is c1coc(CN(CCN2CCOCC2)Cc2cnc[nH]2)c1. The van der Waals surface area contributed by atoms with E-state index >= 15 is 0 Å². The van der Waals surface area contributed by atoms with Crippen molar-refractivity contribution in [3.63, 3.8) is 0 Å². The number of morpholine rings is 1. The summed E-state index contributed by atoms with van der Waals surface area (Å²) >= 11 is 0. The summed E-state index contributed by atoms with van der Waals surface area (Å²) in [5.41, 5.74) is 1.13. The predicted octanol–water partition coefficient (Wildman–Crippen LogP) is 1.34. The standard InChI is InChI=1S/C15H22N4O2/c1-2-15(21-7-1)12-19(11-14-10-16-13-17-14)4-3-18-5-8-20-9-6-18/h1-2,7,10,13H,3-6,8-9,11-12H2,(H,16,17). The van der Waals surface area contributed by atoms with E-state index in [1.54, 1.807) is 12.6 Å². The van der Waals surface area contributed by atoms with Crippen LogP contribution in [0.4, 0.5) is 0 Å². The van der Waals surface area contributed by atoms with Crippen LogP contribution in [0, 0.1) is 0 Å². The Bertz CT molecular complexity index is 455. The van der Waals surface area contributed by atoms with Crippen LogP contribution >= 0.6 is 0 Å². The van der Waals surface area contributed by atoms with Crippen molar-refractivity contribution < 1.29 is 9.15 Å². The molecular formula is C15H22N4O2. The van der Waals surface area contributed by atoms with Gasteiger partial charge >= 0.3 is 0 Å². The highest BCUT2D eigenvalue weighted by Crippen LogP contribution is 2.09. The minimum Gasteiger partial charge on any atom is -0.468 e. The molecule has 114 valence electrons. The Kier molecular flexibility index (Phi) is 5.04. The molecule has 0 spiro atoms. The third kappa shape index (κ3) is 4.42. The first-order valence-electron chi connectivity index (χ1n) is 7.42. The fraction of sp³-hybridized carbons (Fsp3) is 0.533. The van der Waals surface area contributed by atoms with Crippen molar-refractivity contribution in [2.24, 2.45) is 0 Å². The van der Waals surface area contributed by atoms with E-state index in [4.69, 9.17) is 9.15 Å². The third-order valence-electron chi connectivity index (χ3n) is 3.74. The van der Waals surface area contributed by atoms with Gasteiger partial charge in [0, 0.05) is 44.6 Å². The molecule has 1 saturated heterocycles. The average molecular weight is 290 g/mol. The summed E-state index contributed by atoms with van der Waals surface area (Å²) in [6.45, 7) is 7.47. The fourth-order valence-electron chi connectivity index (χ4n) is 2.56. The van der Waals surface area contributed by atoms with Gasteiger partial charge in [-0.15, -0.1) is 0 Å². The molecule has 6 nitrogen and oxygen atoms in total. The normalized spacial score (nSPS) is 16.6. The van der Waals surface area contributed by atoms with Crippen molar-refractivity contribution in [2.45, 2.75) is 13.1 Å². The topological polar surface area (TPSA) is 57.5 Å². The van der Waals surface area contributed by atoms with Crippen LogP contribution in [0.15, 0.2) is 35.3 Å². The lowest BCUT2D eigenvalue weighted by atomic mass is 10.3. The smallest absolute Gasteiger partial charge is 0.117 e. The zero-order chi connectivity index (χ0) is 14.3. The molecule has 0 atom stereocenters. The van der Waals surface area contributed by atoms with Gasteiger partial charge in [0.1, 0.15) is 5.76 Å². The van der Waals surface area contributed by atoms with Crippen LogP contribution in [0.5, 0.6) is 0 Å². The second-order valence-electron chi connectivity index (χ2n) is 5.32. The predicted molar refractivity (Wildman–Crippen MR) is 78.7 cm³/mol. The highest BCUT2D eigenvalue weighted by atomic mass is 16.5. The Morgan fingerprint density at radius 2 is 2.19 bits per heavy atom. The first kappa shape index (κ1) is 14.3. The van der Waals surface area contributed by atoms with Gasteiger partial charge < -0.3 is 14.1 Å². The largest absolute Gasteiger partial charge is 0.468 e. The second kappa shape index (κ2) is 7.40. The highest BCUT2D eigenvalue weighted by Gasteiger charge is 2.14. The number of rotatable bonds is 7. The molecule has 21 heavy (non-hydrogen) atoms. The number of H-pyrrole nitrogens is 1. The van der Waals surface area contributed by atoms with Crippen molar-refractivity contribution in [3.8, 4) is 0 Å². The molecule has 0 aliphatic carbocycles. The van der Waals surface area contributed by atoms with Crippen molar-refractivity contribution in [2.75, 3.05) is 39.4 Å². The lowest BCUT2D eigenvalue weighted by molar-refractivity contribution is 0.0320. The number of aromatic amines is 1. The molecule has 2 aromatic rings.